The third kappa shape index (κ3) is 4.89. The average molecular weight is 496 g/mol. The van der Waals surface area contributed by atoms with Crippen LogP contribution in [0.1, 0.15) is 19.5 Å². The third-order valence-corrected chi connectivity index (χ3v) is 6.47. The zero-order chi connectivity index (χ0) is 22.7. The van der Waals surface area contributed by atoms with E-state index in [-0.39, 0.29) is 21.1 Å². The number of halogens is 8. The normalized spacial score (nSPS) is 15.2. The fourth-order valence-electron chi connectivity index (χ4n) is 2.20. The maximum atomic E-state index is 14.2. The molecule has 3 aromatic heterocycles. The summed E-state index contributed by atoms with van der Waals surface area (Å²) in [5.74, 6) is -15.6. The summed E-state index contributed by atoms with van der Waals surface area (Å²) in [6.45, 7) is 0. The van der Waals surface area contributed by atoms with Crippen molar-refractivity contribution in [1.82, 2.24) is 0 Å². The van der Waals surface area contributed by atoms with Gasteiger partial charge in [0.25, 0.3) is 0 Å². The molecule has 0 atom stereocenters. The van der Waals surface area contributed by atoms with Crippen molar-refractivity contribution in [1.29, 1.82) is 0 Å². The highest BCUT2D eigenvalue weighted by Crippen LogP contribution is 2.40. The smallest absolute Gasteiger partial charge is 0.198 e. The van der Waals surface area contributed by atoms with Crippen LogP contribution in [-0.4, -0.2) is 0 Å². The SMILES string of the molecule is FC(/C(F)=C(\F)c1ccc(/C(F)=C(F)/C(F)=C(\F)c2cccs2)s1)=C(/F)c1cccs1. The first kappa shape index (κ1) is 23.2. The zero-order valence-corrected chi connectivity index (χ0v) is 17.3. The van der Waals surface area contributed by atoms with Crippen LogP contribution in [0.25, 0.3) is 23.3 Å². The molecule has 0 bridgehead atoms. The molecule has 0 aromatic carbocycles. The molecule has 0 N–H and O–H groups in total. The molecule has 162 valence electrons. The van der Waals surface area contributed by atoms with Crippen LogP contribution in [0.5, 0.6) is 0 Å². The molecule has 0 aliphatic heterocycles. The van der Waals surface area contributed by atoms with Crippen LogP contribution in [0.4, 0.5) is 35.1 Å². The second kappa shape index (κ2) is 9.75. The van der Waals surface area contributed by atoms with Gasteiger partial charge in [0, 0.05) is 0 Å². The lowest BCUT2D eigenvalue weighted by Gasteiger charge is -2.00. The van der Waals surface area contributed by atoms with E-state index in [0.29, 0.717) is 0 Å². The maximum absolute atomic E-state index is 14.2. The summed E-state index contributed by atoms with van der Waals surface area (Å²) >= 11 is 1.60. The molecule has 0 saturated carbocycles. The van der Waals surface area contributed by atoms with E-state index in [4.69, 9.17) is 0 Å². The van der Waals surface area contributed by atoms with Crippen molar-refractivity contribution in [3.63, 3.8) is 0 Å². The van der Waals surface area contributed by atoms with Crippen LogP contribution in [0, 0.1) is 0 Å². The van der Waals surface area contributed by atoms with E-state index in [1.807, 2.05) is 0 Å². The van der Waals surface area contributed by atoms with Gasteiger partial charge in [0.1, 0.15) is 0 Å². The van der Waals surface area contributed by atoms with Crippen molar-refractivity contribution in [2.24, 2.45) is 0 Å². The van der Waals surface area contributed by atoms with Crippen LogP contribution in [0.3, 0.4) is 0 Å². The first-order valence-corrected chi connectivity index (χ1v) is 10.7. The predicted molar refractivity (Wildman–Crippen MR) is 110 cm³/mol. The largest absolute Gasteiger partial charge is 0.202 e. The van der Waals surface area contributed by atoms with E-state index in [9.17, 15) is 35.1 Å². The van der Waals surface area contributed by atoms with Gasteiger partial charge in [0.05, 0.1) is 19.5 Å². The monoisotopic (exact) mass is 496 g/mol. The molecule has 0 nitrogen and oxygen atoms in total. The van der Waals surface area contributed by atoms with E-state index in [0.717, 1.165) is 46.9 Å². The summed E-state index contributed by atoms with van der Waals surface area (Å²) in [4.78, 5) is -1.99. The van der Waals surface area contributed by atoms with Crippen molar-refractivity contribution in [2.75, 3.05) is 0 Å². The summed E-state index contributed by atoms with van der Waals surface area (Å²) in [6, 6.07) is 6.55. The van der Waals surface area contributed by atoms with Gasteiger partial charge in [0.15, 0.2) is 46.6 Å². The fourth-order valence-corrected chi connectivity index (χ4v) is 4.37. The van der Waals surface area contributed by atoms with E-state index < -0.39 is 56.4 Å². The minimum absolute atomic E-state index is 0.0950. The van der Waals surface area contributed by atoms with Crippen LogP contribution < -0.4 is 0 Å². The molecule has 0 saturated heterocycles. The first-order valence-electron chi connectivity index (χ1n) is 8.12. The topological polar surface area (TPSA) is 0 Å². The molecule has 11 heteroatoms. The first-order chi connectivity index (χ1) is 14.7. The minimum atomic E-state index is -2.18. The maximum Gasteiger partial charge on any atom is 0.198 e. The van der Waals surface area contributed by atoms with E-state index in [2.05, 4.69) is 0 Å². The van der Waals surface area contributed by atoms with Crippen molar-refractivity contribution in [3.05, 3.63) is 90.0 Å². The van der Waals surface area contributed by atoms with Gasteiger partial charge in [-0.05, 0) is 35.0 Å². The summed E-state index contributed by atoms with van der Waals surface area (Å²) in [5, 5.41) is 2.79. The highest BCUT2D eigenvalue weighted by molar-refractivity contribution is 7.14. The minimum Gasteiger partial charge on any atom is -0.202 e. The van der Waals surface area contributed by atoms with E-state index in [1.165, 1.54) is 22.9 Å². The number of hydrogen-bond acceptors (Lipinski definition) is 3. The standard InChI is InChI=1S/C20H8F8S3/c21-13(9-3-1-7-29-9)17(25)19(27)15(23)11-5-6-12(31-11)16(24)20(28)18(26)14(22)10-4-2-8-30-10/h1-8H/b17-13+,18-14+,19-15+,20-16+. The van der Waals surface area contributed by atoms with Crippen molar-refractivity contribution in [3.8, 4) is 0 Å². The molecule has 0 aliphatic carbocycles. The van der Waals surface area contributed by atoms with Gasteiger partial charge in [-0.1, -0.05) is 12.1 Å². The Morgan fingerprint density at radius 3 is 1.06 bits per heavy atom. The lowest BCUT2D eigenvalue weighted by molar-refractivity contribution is 0.520. The Morgan fingerprint density at radius 2 is 0.774 bits per heavy atom. The Balaban J connectivity index is 1.95. The van der Waals surface area contributed by atoms with Gasteiger partial charge in [-0.3, -0.25) is 0 Å². The molecule has 3 heterocycles. The van der Waals surface area contributed by atoms with E-state index >= 15 is 0 Å². The molecule has 0 radical (unpaired) electrons. The van der Waals surface area contributed by atoms with Crippen LogP contribution >= 0.6 is 34.0 Å². The fraction of sp³-hybridized carbons (Fsp3) is 0. The predicted octanol–water partition coefficient (Wildman–Crippen LogP) is 9.70. The summed E-state index contributed by atoms with van der Waals surface area (Å²) in [5.41, 5.74) is 0. The number of hydrogen-bond donors (Lipinski definition) is 0. The highest BCUT2D eigenvalue weighted by Gasteiger charge is 2.24. The molecule has 0 fully saturated rings. The summed E-state index contributed by atoms with van der Waals surface area (Å²) in [7, 11) is 0. The average Bonchev–Trinajstić information content (AvgIpc) is 3.56. The van der Waals surface area contributed by atoms with Gasteiger partial charge in [0.2, 0.25) is 0 Å². The Hall–Kier alpha value is -2.50. The zero-order valence-electron chi connectivity index (χ0n) is 14.9. The van der Waals surface area contributed by atoms with Crippen molar-refractivity contribution >= 4 is 57.3 Å². The van der Waals surface area contributed by atoms with Gasteiger partial charge < -0.3 is 0 Å². The number of allylic oxidation sites excluding steroid dienone is 4. The number of rotatable bonds is 6. The summed E-state index contributed by atoms with van der Waals surface area (Å²) < 4.78 is 112. The van der Waals surface area contributed by atoms with Crippen molar-refractivity contribution in [2.45, 2.75) is 0 Å². The third-order valence-electron chi connectivity index (χ3n) is 3.67. The Bertz CT molecular complexity index is 1100. The van der Waals surface area contributed by atoms with Crippen molar-refractivity contribution < 1.29 is 35.1 Å². The molecule has 3 aromatic rings. The Morgan fingerprint density at radius 1 is 0.452 bits per heavy atom. The van der Waals surface area contributed by atoms with Gasteiger partial charge in [-0.15, -0.1) is 34.0 Å². The van der Waals surface area contributed by atoms with Crippen LogP contribution in [-0.2, 0) is 0 Å². The molecule has 0 amide bonds. The molecule has 0 spiro atoms. The van der Waals surface area contributed by atoms with Crippen LogP contribution in [0.2, 0.25) is 0 Å². The quantitative estimate of drug-likeness (QED) is 0.235. The molecular weight excluding hydrogens is 488 g/mol. The number of thiophene rings is 3. The molecular formula is C20H8F8S3. The van der Waals surface area contributed by atoms with Gasteiger partial charge in [-0.2, -0.15) is 0 Å². The van der Waals surface area contributed by atoms with Gasteiger partial charge in [-0.25, -0.2) is 35.1 Å². The lowest BCUT2D eigenvalue weighted by Crippen LogP contribution is -1.85. The van der Waals surface area contributed by atoms with Gasteiger partial charge >= 0.3 is 0 Å². The second-order valence-corrected chi connectivity index (χ2v) is 8.61. The highest BCUT2D eigenvalue weighted by atomic mass is 32.1. The lowest BCUT2D eigenvalue weighted by atomic mass is 10.2. The second-order valence-electron chi connectivity index (χ2n) is 5.63. The van der Waals surface area contributed by atoms with E-state index in [1.54, 1.807) is 0 Å². The Kier molecular flexibility index (Phi) is 7.29. The van der Waals surface area contributed by atoms with Crippen LogP contribution in [0.15, 0.2) is 70.5 Å². The molecule has 3 rings (SSSR count). The Labute approximate surface area is 182 Å². The molecule has 31 heavy (non-hydrogen) atoms. The summed E-state index contributed by atoms with van der Waals surface area (Å²) in [6.07, 6.45) is 0. The molecule has 0 unspecified atom stereocenters. The molecule has 0 aliphatic rings.